The molecule has 0 bridgehead atoms. The summed E-state index contributed by atoms with van der Waals surface area (Å²) in [7, 11) is 1.65. The number of pyridine rings is 1. The molecule has 0 aliphatic heterocycles. The summed E-state index contributed by atoms with van der Waals surface area (Å²) in [5, 5.41) is 4.15. The third kappa shape index (κ3) is 2.77. The molecular formula is C17H15F3N2O2. The van der Waals surface area contributed by atoms with E-state index in [1.807, 2.05) is 0 Å². The zero-order valence-electron chi connectivity index (χ0n) is 13.1. The van der Waals surface area contributed by atoms with Crippen molar-refractivity contribution in [3.05, 3.63) is 64.0 Å². The second-order valence-corrected chi connectivity index (χ2v) is 5.53. The van der Waals surface area contributed by atoms with Crippen molar-refractivity contribution < 1.29 is 17.6 Å². The average Bonchev–Trinajstić information content (AvgIpc) is 2.90. The molecular weight excluding hydrogens is 321 g/mol. The van der Waals surface area contributed by atoms with Gasteiger partial charge in [0, 0.05) is 41.8 Å². The molecule has 0 amide bonds. The molecule has 0 saturated heterocycles. The van der Waals surface area contributed by atoms with Gasteiger partial charge in [-0.25, -0.2) is 0 Å². The van der Waals surface area contributed by atoms with Crippen molar-refractivity contribution in [3.63, 3.8) is 0 Å². The molecule has 0 aliphatic carbocycles. The number of hydrogen-bond acceptors (Lipinski definition) is 3. The summed E-state index contributed by atoms with van der Waals surface area (Å²) in [4.78, 5) is 12.1. The van der Waals surface area contributed by atoms with Gasteiger partial charge in [-0.05, 0) is 25.1 Å². The number of nitrogens with zero attached hydrogens (tertiary/aromatic N) is 1. The molecule has 24 heavy (non-hydrogen) atoms. The summed E-state index contributed by atoms with van der Waals surface area (Å²) < 4.78 is 45.4. The van der Waals surface area contributed by atoms with Gasteiger partial charge in [0.25, 0.3) is 5.56 Å². The quantitative estimate of drug-likeness (QED) is 0.784. The Balaban J connectivity index is 1.97. The summed E-state index contributed by atoms with van der Waals surface area (Å²) >= 11 is 0. The van der Waals surface area contributed by atoms with Gasteiger partial charge < -0.3 is 14.3 Å². The second kappa shape index (κ2) is 5.74. The van der Waals surface area contributed by atoms with E-state index in [-0.39, 0.29) is 23.4 Å². The number of halogens is 3. The number of alkyl halides is 3. The van der Waals surface area contributed by atoms with Crippen LogP contribution in [0.1, 0.15) is 16.9 Å². The molecule has 4 nitrogen and oxygen atoms in total. The van der Waals surface area contributed by atoms with E-state index in [4.69, 9.17) is 4.42 Å². The van der Waals surface area contributed by atoms with Crippen LogP contribution in [0.4, 0.5) is 18.9 Å². The van der Waals surface area contributed by atoms with E-state index in [0.29, 0.717) is 16.5 Å². The van der Waals surface area contributed by atoms with E-state index in [0.717, 1.165) is 6.26 Å². The van der Waals surface area contributed by atoms with Crippen molar-refractivity contribution >= 4 is 16.5 Å². The van der Waals surface area contributed by atoms with E-state index in [9.17, 15) is 18.0 Å². The fourth-order valence-corrected chi connectivity index (χ4v) is 2.65. The monoisotopic (exact) mass is 336 g/mol. The molecule has 0 atom stereocenters. The molecule has 2 heterocycles. The number of anilines is 1. The summed E-state index contributed by atoms with van der Waals surface area (Å²) in [5.41, 5.74) is -0.294. The van der Waals surface area contributed by atoms with Gasteiger partial charge in [-0.15, -0.1) is 0 Å². The number of fused-ring (bicyclic) bond motifs is 1. The van der Waals surface area contributed by atoms with Crippen LogP contribution in [-0.4, -0.2) is 4.57 Å². The van der Waals surface area contributed by atoms with Crippen molar-refractivity contribution in [1.82, 2.24) is 4.57 Å². The van der Waals surface area contributed by atoms with Crippen LogP contribution in [0.15, 0.2) is 45.9 Å². The first-order chi connectivity index (χ1) is 11.3. The molecule has 2 aromatic heterocycles. The normalized spacial score (nSPS) is 11.9. The van der Waals surface area contributed by atoms with E-state index in [1.54, 1.807) is 37.5 Å². The standard InChI is InChI=1S/C17H15F3N2O2/c1-10-13(14(9-24-10)17(18,19)20)8-21-15-5-3-4-12-11(15)6-7-22(2)16(12)23/h3-7,9,21H,8H2,1-2H3. The number of nitrogens with one attached hydrogen (secondary N) is 1. The van der Waals surface area contributed by atoms with Crippen molar-refractivity contribution in [2.45, 2.75) is 19.6 Å². The number of benzene rings is 1. The van der Waals surface area contributed by atoms with Gasteiger partial charge in [0.15, 0.2) is 0 Å². The highest BCUT2D eigenvalue weighted by molar-refractivity contribution is 5.93. The maximum absolute atomic E-state index is 13.0. The zero-order valence-corrected chi connectivity index (χ0v) is 13.1. The minimum atomic E-state index is -4.47. The van der Waals surface area contributed by atoms with Gasteiger partial charge in [0.05, 0.1) is 5.56 Å². The van der Waals surface area contributed by atoms with Gasteiger partial charge in [0.1, 0.15) is 12.0 Å². The molecule has 3 aromatic rings. The van der Waals surface area contributed by atoms with Crippen LogP contribution in [-0.2, 0) is 19.8 Å². The van der Waals surface area contributed by atoms with Crippen molar-refractivity contribution in [2.75, 3.05) is 5.32 Å². The fraction of sp³-hybridized carbons (Fsp3) is 0.235. The van der Waals surface area contributed by atoms with Crippen molar-refractivity contribution in [1.29, 1.82) is 0 Å². The number of aromatic nitrogens is 1. The maximum atomic E-state index is 13.0. The molecule has 0 fully saturated rings. The van der Waals surface area contributed by atoms with Crippen molar-refractivity contribution in [3.8, 4) is 0 Å². The lowest BCUT2D eigenvalue weighted by atomic mass is 10.1. The lowest BCUT2D eigenvalue weighted by Gasteiger charge is -2.12. The zero-order chi connectivity index (χ0) is 17.5. The average molecular weight is 336 g/mol. The van der Waals surface area contributed by atoms with E-state index < -0.39 is 11.7 Å². The minimum absolute atomic E-state index is 0.0501. The predicted molar refractivity (Wildman–Crippen MR) is 85.0 cm³/mol. The van der Waals surface area contributed by atoms with Crippen LogP contribution in [0.2, 0.25) is 0 Å². The first-order valence-electron chi connectivity index (χ1n) is 7.25. The topological polar surface area (TPSA) is 47.2 Å². The van der Waals surface area contributed by atoms with Gasteiger partial charge >= 0.3 is 6.18 Å². The number of hydrogen-bond donors (Lipinski definition) is 1. The Morgan fingerprint density at radius 3 is 2.67 bits per heavy atom. The molecule has 3 rings (SSSR count). The minimum Gasteiger partial charge on any atom is -0.469 e. The Morgan fingerprint density at radius 1 is 1.21 bits per heavy atom. The van der Waals surface area contributed by atoms with E-state index in [1.165, 1.54) is 11.5 Å². The Kier molecular flexibility index (Phi) is 3.87. The molecule has 0 spiro atoms. The predicted octanol–water partition coefficient (Wildman–Crippen LogP) is 4.07. The van der Waals surface area contributed by atoms with Crippen molar-refractivity contribution in [2.24, 2.45) is 7.05 Å². The maximum Gasteiger partial charge on any atom is 0.419 e. The SMILES string of the molecule is Cc1occ(C(F)(F)F)c1CNc1cccc2c(=O)n(C)ccc12. The second-order valence-electron chi connectivity index (χ2n) is 5.53. The largest absolute Gasteiger partial charge is 0.469 e. The Labute approximate surface area is 135 Å². The first-order valence-corrected chi connectivity index (χ1v) is 7.25. The van der Waals surface area contributed by atoms with E-state index in [2.05, 4.69) is 5.32 Å². The highest BCUT2D eigenvalue weighted by atomic mass is 19.4. The van der Waals surface area contributed by atoms with Crippen LogP contribution in [0.5, 0.6) is 0 Å². The van der Waals surface area contributed by atoms with Crippen LogP contribution in [0, 0.1) is 6.92 Å². The summed E-state index contributed by atoms with van der Waals surface area (Å²) in [6.07, 6.45) is -2.12. The Morgan fingerprint density at radius 2 is 1.96 bits per heavy atom. The van der Waals surface area contributed by atoms with Crippen LogP contribution < -0.4 is 10.9 Å². The van der Waals surface area contributed by atoms with Gasteiger partial charge in [-0.3, -0.25) is 4.79 Å². The van der Waals surface area contributed by atoms with E-state index >= 15 is 0 Å². The summed E-state index contributed by atoms with van der Waals surface area (Å²) in [6, 6.07) is 6.86. The van der Waals surface area contributed by atoms with Gasteiger partial charge in [0.2, 0.25) is 0 Å². The molecule has 0 radical (unpaired) electrons. The molecule has 0 aliphatic rings. The number of furan rings is 1. The molecule has 1 N–H and O–H groups in total. The highest BCUT2D eigenvalue weighted by Crippen LogP contribution is 2.35. The summed E-state index contributed by atoms with van der Waals surface area (Å²) in [5.74, 6) is 0.214. The third-order valence-electron chi connectivity index (χ3n) is 3.99. The highest BCUT2D eigenvalue weighted by Gasteiger charge is 2.36. The molecule has 0 unspecified atom stereocenters. The Bertz CT molecular complexity index is 955. The van der Waals surface area contributed by atoms with Gasteiger partial charge in [-0.2, -0.15) is 13.2 Å². The lowest BCUT2D eigenvalue weighted by Crippen LogP contribution is -2.16. The van der Waals surface area contributed by atoms with Crippen LogP contribution in [0.25, 0.3) is 10.8 Å². The molecule has 126 valence electrons. The summed E-state index contributed by atoms with van der Waals surface area (Å²) in [6.45, 7) is 1.44. The fourth-order valence-electron chi connectivity index (χ4n) is 2.65. The first kappa shape index (κ1) is 16.2. The third-order valence-corrected chi connectivity index (χ3v) is 3.99. The number of aryl methyl sites for hydroxylation is 2. The smallest absolute Gasteiger partial charge is 0.419 e. The van der Waals surface area contributed by atoms with Gasteiger partial charge in [-0.1, -0.05) is 6.07 Å². The molecule has 1 aromatic carbocycles. The van der Waals surface area contributed by atoms with Crippen LogP contribution >= 0.6 is 0 Å². The number of rotatable bonds is 3. The Hall–Kier alpha value is -2.70. The lowest BCUT2D eigenvalue weighted by molar-refractivity contribution is -0.138. The molecule has 7 heteroatoms. The molecule has 0 saturated carbocycles. The van der Waals surface area contributed by atoms with Crippen LogP contribution in [0.3, 0.4) is 0 Å².